The van der Waals surface area contributed by atoms with Crippen LogP contribution in [-0.4, -0.2) is 18.3 Å². The molecule has 1 aromatic rings. The summed E-state index contributed by atoms with van der Waals surface area (Å²) < 4.78 is 0. The van der Waals surface area contributed by atoms with Gasteiger partial charge >= 0.3 is 0 Å². The van der Waals surface area contributed by atoms with Gasteiger partial charge < -0.3 is 5.32 Å². The zero-order valence-corrected chi connectivity index (χ0v) is 13.6. The molecule has 0 amide bonds. The van der Waals surface area contributed by atoms with Gasteiger partial charge in [0.05, 0.1) is 0 Å². The second-order valence-corrected chi connectivity index (χ2v) is 8.20. The molecule has 0 radical (unpaired) electrons. The van der Waals surface area contributed by atoms with E-state index in [2.05, 4.69) is 55.2 Å². The van der Waals surface area contributed by atoms with Crippen molar-refractivity contribution in [3.8, 4) is 0 Å². The average Bonchev–Trinajstić information content (AvgIpc) is 3.21. The molecule has 1 saturated carbocycles. The second-order valence-electron chi connectivity index (χ2n) is 6.86. The second kappa shape index (κ2) is 6.11. The van der Waals surface area contributed by atoms with Crippen molar-refractivity contribution < 1.29 is 0 Å². The van der Waals surface area contributed by atoms with Crippen LogP contribution in [0.3, 0.4) is 0 Å². The van der Waals surface area contributed by atoms with Gasteiger partial charge in [-0.2, -0.15) is 0 Å². The average molecular weight is 289 g/mol. The summed E-state index contributed by atoms with van der Waals surface area (Å²) in [5.41, 5.74) is 2.08. The van der Waals surface area contributed by atoms with Crippen molar-refractivity contribution in [2.45, 2.75) is 56.1 Å². The molecule has 2 atom stereocenters. The lowest BCUT2D eigenvalue weighted by Crippen LogP contribution is -2.36. The molecule has 2 aliphatic rings. The van der Waals surface area contributed by atoms with E-state index >= 15 is 0 Å². The fourth-order valence-corrected chi connectivity index (χ4v) is 5.15. The summed E-state index contributed by atoms with van der Waals surface area (Å²) >= 11 is 2.12. The lowest BCUT2D eigenvalue weighted by atomic mass is 9.79. The minimum Gasteiger partial charge on any atom is -0.316 e. The maximum absolute atomic E-state index is 3.68. The molecule has 0 spiro atoms. The molecule has 20 heavy (non-hydrogen) atoms. The first-order valence-electron chi connectivity index (χ1n) is 8.16. The van der Waals surface area contributed by atoms with Crippen LogP contribution in [0, 0.1) is 11.3 Å². The lowest BCUT2D eigenvalue weighted by Gasteiger charge is -2.32. The van der Waals surface area contributed by atoms with Gasteiger partial charge in [0.25, 0.3) is 0 Å². The van der Waals surface area contributed by atoms with Crippen molar-refractivity contribution in [1.82, 2.24) is 5.32 Å². The van der Waals surface area contributed by atoms with Gasteiger partial charge in [0.2, 0.25) is 0 Å². The summed E-state index contributed by atoms with van der Waals surface area (Å²) in [7, 11) is 0. The molecule has 0 saturated heterocycles. The predicted octanol–water partition coefficient (Wildman–Crippen LogP) is 4.51. The van der Waals surface area contributed by atoms with E-state index in [1.807, 2.05) is 0 Å². The smallest absolute Gasteiger partial charge is 0.0141 e. The van der Waals surface area contributed by atoms with Crippen LogP contribution in [-0.2, 0) is 6.42 Å². The first-order valence-corrected chi connectivity index (χ1v) is 9.04. The number of nitrogens with one attached hydrogen (secondary N) is 1. The van der Waals surface area contributed by atoms with Crippen LogP contribution in [0.1, 0.15) is 45.1 Å². The van der Waals surface area contributed by atoms with Gasteiger partial charge in [0.15, 0.2) is 0 Å². The van der Waals surface area contributed by atoms with Gasteiger partial charge in [-0.1, -0.05) is 32.0 Å². The highest BCUT2D eigenvalue weighted by Crippen LogP contribution is 2.51. The van der Waals surface area contributed by atoms with Crippen LogP contribution in [0.5, 0.6) is 0 Å². The van der Waals surface area contributed by atoms with E-state index in [1.165, 1.54) is 50.1 Å². The van der Waals surface area contributed by atoms with Crippen LogP contribution in [0.25, 0.3) is 0 Å². The van der Waals surface area contributed by atoms with Crippen LogP contribution in [0.15, 0.2) is 29.2 Å². The number of hydrogen-bond acceptors (Lipinski definition) is 2. The van der Waals surface area contributed by atoms with Crippen LogP contribution >= 0.6 is 11.8 Å². The monoisotopic (exact) mass is 289 g/mol. The highest BCUT2D eigenvalue weighted by Gasteiger charge is 2.43. The Morgan fingerprint density at radius 1 is 1.30 bits per heavy atom. The van der Waals surface area contributed by atoms with E-state index < -0.39 is 0 Å². The number of fused-ring (bicyclic) bond motifs is 1. The fraction of sp³-hybridized carbons (Fsp3) is 0.667. The molecule has 1 aromatic carbocycles. The molecule has 1 aliphatic carbocycles. The Labute approximate surface area is 127 Å². The number of hydrogen-bond donors (Lipinski definition) is 1. The molecule has 2 heteroatoms. The van der Waals surface area contributed by atoms with E-state index in [-0.39, 0.29) is 0 Å². The van der Waals surface area contributed by atoms with Gasteiger partial charge in [0, 0.05) is 16.7 Å². The molecule has 1 heterocycles. The molecule has 1 nitrogen and oxygen atoms in total. The summed E-state index contributed by atoms with van der Waals surface area (Å²) in [6.07, 6.45) is 6.79. The maximum atomic E-state index is 3.68. The van der Waals surface area contributed by atoms with E-state index in [0.717, 1.165) is 11.2 Å². The van der Waals surface area contributed by atoms with E-state index in [4.69, 9.17) is 0 Å². The van der Waals surface area contributed by atoms with E-state index in [9.17, 15) is 0 Å². The standard InChI is InChI=1S/C18H27NS/c1-3-10-19-13-18(2,15-8-9-15)12-16-11-14-6-4-5-7-17(14)20-16/h4-7,15-16,19H,3,8-13H2,1-2H3. The molecular weight excluding hydrogens is 262 g/mol. The summed E-state index contributed by atoms with van der Waals surface area (Å²) in [6, 6.07) is 8.97. The molecule has 1 aliphatic heterocycles. The van der Waals surface area contributed by atoms with Gasteiger partial charge in [-0.15, -0.1) is 11.8 Å². The predicted molar refractivity (Wildman–Crippen MR) is 88.4 cm³/mol. The van der Waals surface area contributed by atoms with Crippen molar-refractivity contribution >= 4 is 11.8 Å². The minimum absolute atomic E-state index is 0.509. The van der Waals surface area contributed by atoms with Gasteiger partial charge in [-0.25, -0.2) is 0 Å². The molecule has 2 unspecified atom stereocenters. The Balaban J connectivity index is 1.60. The third-order valence-electron chi connectivity index (χ3n) is 4.93. The van der Waals surface area contributed by atoms with Crippen LogP contribution in [0.2, 0.25) is 0 Å². The number of thioether (sulfide) groups is 1. The Morgan fingerprint density at radius 3 is 2.80 bits per heavy atom. The van der Waals surface area contributed by atoms with Crippen molar-refractivity contribution in [2.24, 2.45) is 11.3 Å². The zero-order chi connectivity index (χ0) is 14.0. The van der Waals surface area contributed by atoms with E-state index in [0.29, 0.717) is 5.41 Å². The van der Waals surface area contributed by atoms with Crippen molar-refractivity contribution in [1.29, 1.82) is 0 Å². The van der Waals surface area contributed by atoms with Gasteiger partial charge in [-0.3, -0.25) is 0 Å². The Morgan fingerprint density at radius 2 is 2.10 bits per heavy atom. The number of benzene rings is 1. The molecule has 3 rings (SSSR count). The Bertz CT molecular complexity index is 429. The third kappa shape index (κ3) is 3.23. The minimum atomic E-state index is 0.509. The SMILES string of the molecule is CCCNCC(C)(CC1Cc2ccccc2S1)C1CC1. The first-order chi connectivity index (χ1) is 9.71. The van der Waals surface area contributed by atoms with Crippen LogP contribution < -0.4 is 5.32 Å². The fourth-order valence-electron chi connectivity index (χ4n) is 3.60. The highest BCUT2D eigenvalue weighted by molar-refractivity contribution is 8.00. The quantitative estimate of drug-likeness (QED) is 0.741. The Hall–Kier alpha value is -0.470. The summed E-state index contributed by atoms with van der Waals surface area (Å²) in [5, 5.41) is 4.48. The van der Waals surface area contributed by atoms with Crippen molar-refractivity contribution in [2.75, 3.05) is 13.1 Å². The van der Waals surface area contributed by atoms with Gasteiger partial charge in [-0.05, 0) is 61.6 Å². The first kappa shape index (κ1) is 14.5. The summed E-state index contributed by atoms with van der Waals surface area (Å²) in [5.74, 6) is 0.969. The zero-order valence-electron chi connectivity index (χ0n) is 12.8. The molecule has 0 bridgehead atoms. The van der Waals surface area contributed by atoms with E-state index in [1.54, 1.807) is 5.56 Å². The molecule has 1 fully saturated rings. The van der Waals surface area contributed by atoms with Crippen molar-refractivity contribution in [3.05, 3.63) is 29.8 Å². The molecule has 110 valence electrons. The van der Waals surface area contributed by atoms with Crippen LogP contribution in [0.4, 0.5) is 0 Å². The number of rotatable bonds is 7. The molecule has 1 N–H and O–H groups in total. The largest absolute Gasteiger partial charge is 0.316 e. The topological polar surface area (TPSA) is 12.0 Å². The molecular formula is C18H27NS. The maximum Gasteiger partial charge on any atom is 0.0141 e. The highest BCUT2D eigenvalue weighted by atomic mass is 32.2. The summed E-state index contributed by atoms with van der Waals surface area (Å²) in [6.45, 7) is 7.15. The Kier molecular flexibility index (Phi) is 4.42. The summed E-state index contributed by atoms with van der Waals surface area (Å²) in [4.78, 5) is 1.53. The van der Waals surface area contributed by atoms with Gasteiger partial charge in [0.1, 0.15) is 0 Å². The van der Waals surface area contributed by atoms with Crippen molar-refractivity contribution in [3.63, 3.8) is 0 Å². The lowest BCUT2D eigenvalue weighted by molar-refractivity contribution is 0.235. The molecule has 0 aromatic heterocycles. The third-order valence-corrected chi connectivity index (χ3v) is 6.25. The normalized spacial score (nSPS) is 24.4.